The van der Waals surface area contributed by atoms with Gasteiger partial charge in [-0.3, -0.25) is 10.1 Å². The lowest BCUT2D eigenvalue weighted by atomic mass is 10.1. The van der Waals surface area contributed by atoms with Gasteiger partial charge in [-0.05, 0) is 43.2 Å². The van der Waals surface area contributed by atoms with E-state index in [0.717, 1.165) is 21.3 Å². The first kappa shape index (κ1) is 15.8. The largest absolute Gasteiger partial charge is 0.380 e. The molecule has 4 nitrogen and oxygen atoms in total. The highest BCUT2D eigenvalue weighted by Crippen LogP contribution is 2.29. The Bertz CT molecular complexity index is 681. The van der Waals surface area contributed by atoms with Gasteiger partial charge in [0.25, 0.3) is 5.69 Å². The van der Waals surface area contributed by atoms with Gasteiger partial charge in [-0.15, -0.1) is 0 Å². The fraction of sp³-hybridized carbons (Fsp3) is 0.200. The second-order valence-electron chi connectivity index (χ2n) is 4.76. The molecule has 0 bridgehead atoms. The number of hydrogen-bond acceptors (Lipinski definition) is 3. The zero-order valence-electron chi connectivity index (χ0n) is 11.6. The summed E-state index contributed by atoms with van der Waals surface area (Å²) in [5.41, 5.74) is 3.62. The Hall–Kier alpha value is -1.59. The zero-order valence-corrected chi connectivity index (χ0v) is 14.0. The summed E-state index contributed by atoms with van der Waals surface area (Å²) in [6.45, 7) is 4.28. The van der Waals surface area contributed by atoms with Crippen LogP contribution in [0.3, 0.4) is 0 Å². The number of hydrogen-bond donors (Lipinski definition) is 1. The number of nitrogens with zero attached hydrogens (tertiary/aromatic N) is 1. The maximum atomic E-state index is 11.1. The van der Waals surface area contributed by atoms with Crippen LogP contribution in [0.25, 0.3) is 0 Å². The molecular formula is C15H14BrClN2O2. The Morgan fingerprint density at radius 1 is 1.29 bits per heavy atom. The third-order valence-electron chi connectivity index (χ3n) is 3.23. The normalized spacial score (nSPS) is 10.5. The molecular weight excluding hydrogens is 356 g/mol. The van der Waals surface area contributed by atoms with Crippen LogP contribution >= 0.6 is 27.5 Å². The van der Waals surface area contributed by atoms with Gasteiger partial charge in [0.15, 0.2) is 0 Å². The van der Waals surface area contributed by atoms with Crippen LogP contribution in [0.4, 0.5) is 11.4 Å². The van der Waals surface area contributed by atoms with E-state index in [4.69, 9.17) is 11.6 Å². The van der Waals surface area contributed by atoms with Gasteiger partial charge in [-0.1, -0.05) is 33.6 Å². The highest BCUT2D eigenvalue weighted by atomic mass is 79.9. The van der Waals surface area contributed by atoms with E-state index >= 15 is 0 Å². The molecule has 1 N–H and O–H groups in total. The van der Waals surface area contributed by atoms with Gasteiger partial charge in [-0.25, -0.2) is 0 Å². The van der Waals surface area contributed by atoms with Crippen LogP contribution in [0, 0.1) is 24.0 Å². The Morgan fingerprint density at radius 3 is 2.48 bits per heavy atom. The summed E-state index contributed by atoms with van der Waals surface area (Å²) in [6, 6.07) is 8.70. The van der Waals surface area contributed by atoms with Crippen LogP contribution in [0.5, 0.6) is 0 Å². The van der Waals surface area contributed by atoms with Crippen LogP contribution in [0.1, 0.15) is 16.7 Å². The van der Waals surface area contributed by atoms with Crippen molar-refractivity contribution in [2.45, 2.75) is 20.4 Å². The molecule has 0 aliphatic carbocycles. The summed E-state index contributed by atoms with van der Waals surface area (Å²) in [4.78, 5) is 10.7. The Morgan fingerprint density at radius 2 is 1.90 bits per heavy atom. The monoisotopic (exact) mass is 368 g/mol. The van der Waals surface area contributed by atoms with E-state index in [0.29, 0.717) is 17.1 Å². The highest BCUT2D eigenvalue weighted by Gasteiger charge is 2.16. The molecule has 0 aliphatic heterocycles. The van der Waals surface area contributed by atoms with Crippen molar-refractivity contribution >= 4 is 38.9 Å². The van der Waals surface area contributed by atoms with Gasteiger partial charge in [0.2, 0.25) is 0 Å². The predicted molar refractivity (Wildman–Crippen MR) is 89.0 cm³/mol. The minimum atomic E-state index is -0.413. The molecule has 0 heterocycles. The van der Waals surface area contributed by atoms with E-state index in [1.54, 1.807) is 12.1 Å². The summed E-state index contributed by atoms with van der Waals surface area (Å²) >= 11 is 9.54. The standard InChI is InChI=1S/C15H14BrClN2O2/c1-9-6-11(16)7-10(2)15(9)18-8-12-13(17)4-3-5-14(12)19(20)21/h3-7,18H,8H2,1-2H3. The molecule has 0 atom stereocenters. The average Bonchev–Trinajstić information content (AvgIpc) is 2.38. The predicted octanol–water partition coefficient (Wildman–Crippen LogP) is 5.24. The molecule has 2 rings (SSSR count). The van der Waals surface area contributed by atoms with Crippen LogP contribution in [0.2, 0.25) is 5.02 Å². The molecule has 110 valence electrons. The number of nitrogens with one attached hydrogen (secondary N) is 1. The smallest absolute Gasteiger partial charge is 0.275 e. The molecule has 0 spiro atoms. The van der Waals surface area contributed by atoms with Crippen molar-refractivity contribution in [3.05, 3.63) is 66.6 Å². The Labute approximate surface area is 136 Å². The minimum Gasteiger partial charge on any atom is -0.380 e. The molecule has 2 aromatic rings. The molecule has 0 aliphatic rings. The SMILES string of the molecule is Cc1cc(Br)cc(C)c1NCc1c(Cl)cccc1[N+](=O)[O-]. The molecule has 2 aromatic carbocycles. The Balaban J connectivity index is 2.31. The number of anilines is 1. The summed E-state index contributed by atoms with van der Waals surface area (Å²) in [5.74, 6) is 0. The first-order valence-electron chi connectivity index (χ1n) is 6.32. The number of nitro groups is 1. The van der Waals surface area contributed by atoms with Crippen molar-refractivity contribution in [1.29, 1.82) is 0 Å². The van der Waals surface area contributed by atoms with Gasteiger partial charge < -0.3 is 5.32 Å². The second kappa shape index (κ2) is 6.45. The first-order chi connectivity index (χ1) is 9.90. The second-order valence-corrected chi connectivity index (χ2v) is 6.09. The topological polar surface area (TPSA) is 55.2 Å². The van der Waals surface area contributed by atoms with Gasteiger partial charge in [-0.2, -0.15) is 0 Å². The van der Waals surface area contributed by atoms with E-state index in [9.17, 15) is 10.1 Å². The van der Waals surface area contributed by atoms with Crippen molar-refractivity contribution < 1.29 is 4.92 Å². The van der Waals surface area contributed by atoms with Gasteiger partial charge >= 0.3 is 0 Å². The van der Waals surface area contributed by atoms with Crippen molar-refractivity contribution in [3.8, 4) is 0 Å². The highest BCUT2D eigenvalue weighted by molar-refractivity contribution is 9.10. The molecule has 0 fully saturated rings. The van der Waals surface area contributed by atoms with E-state index in [2.05, 4.69) is 21.2 Å². The average molecular weight is 370 g/mol. The number of halogens is 2. The molecule has 0 saturated carbocycles. The maximum absolute atomic E-state index is 11.1. The third kappa shape index (κ3) is 3.54. The van der Waals surface area contributed by atoms with Crippen LogP contribution in [-0.2, 0) is 6.54 Å². The summed E-state index contributed by atoms with van der Waals surface area (Å²) < 4.78 is 1.01. The van der Waals surface area contributed by atoms with Gasteiger partial charge in [0, 0.05) is 22.8 Å². The van der Waals surface area contributed by atoms with Gasteiger partial charge in [0.05, 0.1) is 15.5 Å². The van der Waals surface area contributed by atoms with Crippen LogP contribution < -0.4 is 5.32 Å². The summed E-state index contributed by atoms with van der Waals surface area (Å²) in [6.07, 6.45) is 0. The lowest BCUT2D eigenvalue weighted by molar-refractivity contribution is -0.385. The number of benzene rings is 2. The quantitative estimate of drug-likeness (QED) is 0.592. The molecule has 0 radical (unpaired) electrons. The van der Waals surface area contributed by atoms with E-state index in [1.807, 2.05) is 26.0 Å². The van der Waals surface area contributed by atoms with E-state index in [1.165, 1.54) is 6.07 Å². The van der Waals surface area contributed by atoms with Crippen molar-refractivity contribution in [3.63, 3.8) is 0 Å². The Kier molecular flexibility index (Phi) is 4.85. The fourth-order valence-corrected chi connectivity index (χ4v) is 3.18. The van der Waals surface area contributed by atoms with Crippen molar-refractivity contribution in [2.75, 3.05) is 5.32 Å². The number of aryl methyl sites for hydroxylation is 2. The first-order valence-corrected chi connectivity index (χ1v) is 7.49. The fourth-order valence-electron chi connectivity index (χ4n) is 2.26. The zero-order chi connectivity index (χ0) is 15.6. The van der Waals surface area contributed by atoms with E-state index in [-0.39, 0.29) is 5.69 Å². The molecule has 0 unspecified atom stereocenters. The number of nitro benzene ring substituents is 1. The molecule has 21 heavy (non-hydrogen) atoms. The molecule has 0 amide bonds. The summed E-state index contributed by atoms with van der Waals surface area (Å²) in [5, 5.41) is 14.7. The van der Waals surface area contributed by atoms with Crippen molar-refractivity contribution in [1.82, 2.24) is 0 Å². The van der Waals surface area contributed by atoms with Crippen LogP contribution in [0.15, 0.2) is 34.8 Å². The number of rotatable bonds is 4. The molecule has 0 saturated heterocycles. The maximum Gasteiger partial charge on any atom is 0.275 e. The molecule has 0 aromatic heterocycles. The van der Waals surface area contributed by atoms with Gasteiger partial charge in [0.1, 0.15) is 0 Å². The lowest BCUT2D eigenvalue weighted by Gasteiger charge is -2.14. The minimum absolute atomic E-state index is 0.0300. The van der Waals surface area contributed by atoms with E-state index < -0.39 is 4.92 Å². The summed E-state index contributed by atoms with van der Waals surface area (Å²) in [7, 11) is 0. The van der Waals surface area contributed by atoms with Crippen molar-refractivity contribution in [2.24, 2.45) is 0 Å². The van der Waals surface area contributed by atoms with Crippen LogP contribution in [-0.4, -0.2) is 4.92 Å². The molecule has 6 heteroatoms. The third-order valence-corrected chi connectivity index (χ3v) is 4.04. The lowest BCUT2D eigenvalue weighted by Crippen LogP contribution is -2.06.